The maximum Gasteiger partial charge on any atom is 0.329 e. The predicted molar refractivity (Wildman–Crippen MR) is 153 cm³/mol. The number of urea groups is 1. The van der Waals surface area contributed by atoms with Crippen LogP contribution in [0.4, 0.5) is 4.79 Å². The van der Waals surface area contributed by atoms with Gasteiger partial charge in [-0.05, 0) is 56.8 Å². The fourth-order valence-electron chi connectivity index (χ4n) is 5.87. The maximum atomic E-state index is 13.9. The Morgan fingerprint density at radius 1 is 0.902 bits per heavy atom. The molecule has 0 spiro atoms. The molecule has 0 bridgehead atoms. The number of ketones is 1. The van der Waals surface area contributed by atoms with Crippen molar-refractivity contribution in [2.75, 3.05) is 6.54 Å². The summed E-state index contributed by atoms with van der Waals surface area (Å²) in [6.07, 6.45) is 7.77. The number of rotatable bonds is 13. The van der Waals surface area contributed by atoms with Crippen molar-refractivity contribution >= 4 is 35.5 Å². The summed E-state index contributed by atoms with van der Waals surface area (Å²) >= 11 is 0. The van der Waals surface area contributed by atoms with Gasteiger partial charge >= 0.3 is 12.0 Å². The number of carbonyl (C=O) groups excluding carboxylic acids is 5. The maximum absolute atomic E-state index is 13.9. The SMILES string of the molecule is CC.CCC(CC)(NC(=O)NC(C(=O)N1CCC[C@H]1C(=O)NC(CC1CC1)C(=O)C(N)=O)C1CCCCC1)C(=O)O. The molecule has 2 unspecified atom stereocenters. The minimum absolute atomic E-state index is 0.150. The highest BCUT2D eigenvalue weighted by molar-refractivity contribution is 6.37. The molecule has 5 amide bonds. The van der Waals surface area contributed by atoms with E-state index in [-0.39, 0.29) is 24.7 Å². The zero-order valence-electron chi connectivity index (χ0n) is 25.0. The van der Waals surface area contributed by atoms with Gasteiger partial charge < -0.3 is 31.7 Å². The minimum atomic E-state index is -1.45. The lowest BCUT2D eigenvalue weighted by Gasteiger charge is -2.36. The van der Waals surface area contributed by atoms with E-state index in [2.05, 4.69) is 16.0 Å². The van der Waals surface area contributed by atoms with E-state index in [1.165, 1.54) is 4.90 Å². The molecule has 6 N–H and O–H groups in total. The molecule has 2 saturated carbocycles. The Morgan fingerprint density at radius 3 is 2.02 bits per heavy atom. The normalized spacial score (nSPS) is 20.6. The first-order valence-corrected chi connectivity index (χ1v) is 15.3. The second-order valence-corrected chi connectivity index (χ2v) is 11.2. The predicted octanol–water partition coefficient (Wildman–Crippen LogP) is 2.23. The molecule has 3 atom stereocenters. The molecule has 0 aromatic heterocycles. The summed E-state index contributed by atoms with van der Waals surface area (Å²) in [7, 11) is 0. The van der Waals surface area contributed by atoms with Gasteiger partial charge in [0.1, 0.15) is 17.6 Å². The summed E-state index contributed by atoms with van der Waals surface area (Å²) in [5.41, 5.74) is 3.75. The van der Waals surface area contributed by atoms with Gasteiger partial charge in [0.05, 0.1) is 6.04 Å². The molecule has 232 valence electrons. The van der Waals surface area contributed by atoms with Gasteiger partial charge in [0.25, 0.3) is 5.91 Å². The third kappa shape index (κ3) is 8.90. The molecule has 0 aromatic rings. The number of nitrogens with zero attached hydrogens (tertiary/aromatic N) is 1. The first-order chi connectivity index (χ1) is 19.5. The van der Waals surface area contributed by atoms with E-state index in [9.17, 15) is 33.9 Å². The molecule has 1 saturated heterocycles. The molecule has 1 aliphatic heterocycles. The van der Waals surface area contributed by atoms with E-state index in [4.69, 9.17) is 5.73 Å². The molecule has 12 nitrogen and oxygen atoms in total. The Bertz CT molecular complexity index is 957. The summed E-state index contributed by atoms with van der Waals surface area (Å²) in [4.78, 5) is 77.5. The Hall–Kier alpha value is -3.18. The summed E-state index contributed by atoms with van der Waals surface area (Å²) in [6, 6.07) is -3.53. The van der Waals surface area contributed by atoms with Crippen LogP contribution in [0.1, 0.15) is 105 Å². The molecular formula is C29H49N5O7. The molecule has 12 heteroatoms. The second-order valence-electron chi connectivity index (χ2n) is 11.2. The van der Waals surface area contributed by atoms with Crippen molar-refractivity contribution in [2.24, 2.45) is 17.6 Å². The number of carboxylic acid groups (broad SMARTS) is 1. The molecule has 2 aliphatic carbocycles. The van der Waals surface area contributed by atoms with Gasteiger partial charge in [0.15, 0.2) is 0 Å². The largest absolute Gasteiger partial charge is 0.480 e. The number of hydrogen-bond donors (Lipinski definition) is 5. The van der Waals surface area contributed by atoms with Crippen molar-refractivity contribution in [2.45, 2.75) is 128 Å². The Labute approximate surface area is 242 Å². The van der Waals surface area contributed by atoms with Crippen LogP contribution in [-0.4, -0.2) is 75.7 Å². The molecule has 3 aliphatic rings. The highest BCUT2D eigenvalue weighted by atomic mass is 16.4. The fourth-order valence-corrected chi connectivity index (χ4v) is 5.87. The smallest absolute Gasteiger partial charge is 0.329 e. The number of primary amides is 1. The summed E-state index contributed by atoms with van der Waals surface area (Å²) < 4.78 is 0. The Morgan fingerprint density at radius 2 is 1.51 bits per heavy atom. The van der Waals surface area contributed by atoms with Crippen LogP contribution in [0.25, 0.3) is 0 Å². The lowest BCUT2D eigenvalue weighted by Crippen LogP contribution is -2.62. The molecule has 1 heterocycles. The minimum Gasteiger partial charge on any atom is -0.480 e. The van der Waals surface area contributed by atoms with Crippen LogP contribution in [0.5, 0.6) is 0 Å². The lowest BCUT2D eigenvalue weighted by atomic mass is 9.83. The molecule has 0 aromatic carbocycles. The number of likely N-dealkylation sites (tertiary alicyclic amines) is 1. The molecule has 41 heavy (non-hydrogen) atoms. The third-order valence-corrected chi connectivity index (χ3v) is 8.62. The van der Waals surface area contributed by atoms with E-state index < -0.39 is 59.2 Å². The van der Waals surface area contributed by atoms with Gasteiger partial charge in [0, 0.05) is 6.54 Å². The number of carboxylic acids is 1. The Balaban J connectivity index is 0.00000287. The first kappa shape index (κ1) is 34.0. The van der Waals surface area contributed by atoms with Crippen LogP contribution in [0.2, 0.25) is 0 Å². The highest BCUT2D eigenvalue weighted by Gasteiger charge is 2.43. The molecule has 0 radical (unpaired) electrons. The van der Waals surface area contributed by atoms with Gasteiger partial charge in [0.2, 0.25) is 17.6 Å². The third-order valence-electron chi connectivity index (χ3n) is 8.62. The standard InChI is InChI=1S/C27H43N5O7.C2H6/c1-3-27(4-2,25(37)38)31-26(39)30-20(17-9-6-5-7-10-17)24(36)32-14-8-11-19(32)23(35)29-18(15-16-12-13-16)21(33)22(28)34;1-2/h16-20H,3-15H2,1-2H3,(H2,28,34)(H,29,35)(H,37,38)(H2,30,31,39);1-2H3/t18?,19-,20?;/m0./s1. The van der Waals surface area contributed by atoms with Gasteiger partial charge in [-0.3, -0.25) is 19.2 Å². The molecule has 3 fully saturated rings. The van der Waals surface area contributed by atoms with Gasteiger partial charge in [-0.15, -0.1) is 0 Å². The number of amides is 5. The van der Waals surface area contributed by atoms with Crippen molar-refractivity contribution in [1.82, 2.24) is 20.9 Å². The van der Waals surface area contributed by atoms with Crippen molar-refractivity contribution in [3.8, 4) is 0 Å². The summed E-state index contributed by atoms with van der Waals surface area (Å²) in [5, 5.41) is 17.7. The molecule has 3 rings (SSSR count). The van der Waals surface area contributed by atoms with Crippen molar-refractivity contribution in [3.05, 3.63) is 0 Å². The van der Waals surface area contributed by atoms with Crippen LogP contribution in [0.15, 0.2) is 0 Å². The monoisotopic (exact) mass is 579 g/mol. The van der Waals surface area contributed by atoms with Crippen LogP contribution in [0, 0.1) is 11.8 Å². The van der Waals surface area contributed by atoms with Crippen molar-refractivity contribution in [3.63, 3.8) is 0 Å². The van der Waals surface area contributed by atoms with Crippen LogP contribution in [0.3, 0.4) is 0 Å². The lowest BCUT2D eigenvalue weighted by molar-refractivity contribution is -0.144. The number of Topliss-reactive ketones (excluding diaryl/α,β-unsaturated/α-hetero) is 1. The molecular weight excluding hydrogens is 530 g/mol. The number of nitrogens with one attached hydrogen (secondary N) is 3. The fraction of sp³-hybridized carbons (Fsp3) is 0.793. The van der Waals surface area contributed by atoms with Crippen molar-refractivity contribution in [1.29, 1.82) is 0 Å². The van der Waals surface area contributed by atoms with Crippen LogP contribution >= 0.6 is 0 Å². The van der Waals surface area contributed by atoms with Crippen molar-refractivity contribution < 1.29 is 33.9 Å². The number of hydrogen-bond acceptors (Lipinski definition) is 6. The van der Waals surface area contributed by atoms with E-state index >= 15 is 0 Å². The van der Waals surface area contributed by atoms with E-state index in [0.29, 0.717) is 25.8 Å². The van der Waals surface area contributed by atoms with E-state index in [0.717, 1.165) is 44.9 Å². The summed E-state index contributed by atoms with van der Waals surface area (Å²) in [5.74, 6) is -3.92. The second kappa shape index (κ2) is 15.7. The number of aliphatic carboxylic acids is 1. The van der Waals surface area contributed by atoms with Crippen LogP contribution in [-0.2, 0) is 24.0 Å². The quantitative estimate of drug-likeness (QED) is 0.207. The average molecular weight is 580 g/mol. The topological polar surface area (TPSA) is 188 Å². The zero-order chi connectivity index (χ0) is 30.7. The van der Waals surface area contributed by atoms with Gasteiger partial charge in [-0.2, -0.15) is 0 Å². The number of carbonyl (C=O) groups is 6. The highest BCUT2D eigenvalue weighted by Crippen LogP contribution is 2.34. The van der Waals surface area contributed by atoms with E-state index in [1.54, 1.807) is 13.8 Å². The first-order valence-electron chi connectivity index (χ1n) is 15.3. The average Bonchev–Trinajstić information content (AvgIpc) is 3.65. The number of nitrogens with two attached hydrogens (primary N) is 1. The Kier molecular flexibility index (Phi) is 13.0. The summed E-state index contributed by atoms with van der Waals surface area (Å²) in [6.45, 7) is 7.66. The van der Waals surface area contributed by atoms with Gasteiger partial charge in [-0.1, -0.05) is 59.8 Å². The van der Waals surface area contributed by atoms with E-state index in [1.807, 2.05) is 13.8 Å². The van der Waals surface area contributed by atoms with Gasteiger partial charge in [-0.25, -0.2) is 9.59 Å². The van der Waals surface area contributed by atoms with Crippen LogP contribution < -0.4 is 21.7 Å². The zero-order valence-corrected chi connectivity index (χ0v) is 25.0.